The maximum absolute atomic E-state index is 11.5. The van der Waals surface area contributed by atoms with Gasteiger partial charge < -0.3 is 38.5 Å². The first-order chi connectivity index (χ1) is 8.91. The Morgan fingerprint density at radius 2 is 1.80 bits per heavy atom. The number of nitrogens with one attached hydrogen (secondary N) is 1. The van der Waals surface area contributed by atoms with E-state index >= 15 is 0 Å². The Balaban J connectivity index is 0.00000200. The van der Waals surface area contributed by atoms with Gasteiger partial charge in [0.05, 0.1) is 27.2 Å². The predicted molar refractivity (Wildman–Crippen MR) is 75.8 cm³/mol. The lowest BCUT2D eigenvalue weighted by molar-refractivity contribution is -0.902. The van der Waals surface area contributed by atoms with Gasteiger partial charge in [-0.05, 0) is 25.2 Å². The van der Waals surface area contributed by atoms with E-state index < -0.39 is 0 Å². The van der Waals surface area contributed by atoms with Crippen molar-refractivity contribution < 1.29 is 38.0 Å². The Morgan fingerprint density at radius 1 is 1.15 bits per heavy atom. The molecule has 0 spiro atoms. The summed E-state index contributed by atoms with van der Waals surface area (Å²) in [6.45, 7) is 0. The van der Waals surface area contributed by atoms with Gasteiger partial charge in [-0.15, -0.1) is 0 Å². The zero-order valence-corrected chi connectivity index (χ0v) is 15.4. The number of carbonyl (C=O) groups is 1. The zero-order chi connectivity index (χ0) is 14.0. The molecule has 2 fully saturated rings. The maximum Gasteiger partial charge on any atom is 0.407 e. The molecule has 2 aliphatic rings. The monoisotopic (exact) mass is 396 g/mol. The molecule has 0 bridgehead atoms. The van der Waals surface area contributed by atoms with Crippen LogP contribution in [-0.4, -0.2) is 50.9 Å². The van der Waals surface area contributed by atoms with Crippen molar-refractivity contribution >= 4 is 6.09 Å². The summed E-state index contributed by atoms with van der Waals surface area (Å²) in [5.41, 5.74) is 0. The molecule has 2 saturated carbocycles. The van der Waals surface area contributed by atoms with E-state index in [-0.39, 0.29) is 36.2 Å². The first-order valence-corrected chi connectivity index (χ1v) is 7.61. The summed E-state index contributed by atoms with van der Waals surface area (Å²) in [4.78, 5) is 11.5. The zero-order valence-electron chi connectivity index (χ0n) is 13.2. The molecule has 2 aliphatic carbocycles. The molecular weight excluding hydrogens is 367 g/mol. The molecule has 0 aromatic heterocycles. The predicted octanol–water partition coefficient (Wildman–Crippen LogP) is -0.610. The Bertz CT molecular complexity index is 330. The van der Waals surface area contributed by atoms with Crippen LogP contribution in [0.15, 0.2) is 0 Å². The lowest BCUT2D eigenvalue weighted by atomic mass is 9.66. The topological polar surface area (TPSA) is 38.3 Å². The van der Waals surface area contributed by atoms with Crippen molar-refractivity contribution in [1.82, 2.24) is 5.32 Å². The van der Waals surface area contributed by atoms with Gasteiger partial charge >= 0.3 is 6.09 Å². The minimum Gasteiger partial charge on any atom is -1.00 e. The third-order valence-electron chi connectivity index (χ3n) is 5.00. The van der Waals surface area contributed by atoms with Gasteiger partial charge in [-0.3, -0.25) is 0 Å². The number of carbonyl (C=O) groups excluding carboxylic acids is 1. The summed E-state index contributed by atoms with van der Waals surface area (Å²) in [7, 11) is 8.46. The molecule has 0 heterocycles. The SMILES string of the molecule is CNC(=O)OC1CC2CCCCC2C([N+](C)(C)C)C1.[I-]. The quantitative estimate of drug-likeness (QED) is 0.500. The molecule has 118 valence electrons. The van der Waals surface area contributed by atoms with Gasteiger partial charge in [0, 0.05) is 19.4 Å². The first-order valence-electron chi connectivity index (χ1n) is 7.61. The molecule has 0 aliphatic heterocycles. The van der Waals surface area contributed by atoms with Crippen LogP contribution in [0.4, 0.5) is 4.79 Å². The summed E-state index contributed by atoms with van der Waals surface area (Å²) in [5.74, 6) is 1.57. The fraction of sp³-hybridized carbons (Fsp3) is 0.933. The second kappa shape index (κ2) is 7.29. The number of hydrogen-bond donors (Lipinski definition) is 1. The summed E-state index contributed by atoms with van der Waals surface area (Å²) >= 11 is 0. The van der Waals surface area contributed by atoms with Gasteiger partial charge in [0.15, 0.2) is 0 Å². The number of hydrogen-bond acceptors (Lipinski definition) is 2. The van der Waals surface area contributed by atoms with Crippen LogP contribution in [0.5, 0.6) is 0 Å². The molecule has 0 saturated heterocycles. The normalized spacial score (nSPS) is 33.6. The molecule has 4 atom stereocenters. The molecular formula is C15H29IN2O2. The van der Waals surface area contributed by atoms with Crippen LogP contribution < -0.4 is 29.3 Å². The van der Waals surface area contributed by atoms with E-state index in [0.717, 1.165) is 29.2 Å². The van der Waals surface area contributed by atoms with E-state index in [1.807, 2.05) is 0 Å². The van der Waals surface area contributed by atoms with Crippen molar-refractivity contribution in [3.05, 3.63) is 0 Å². The fourth-order valence-corrected chi connectivity index (χ4v) is 4.11. The molecule has 2 rings (SSSR count). The van der Waals surface area contributed by atoms with Crippen LogP contribution in [0, 0.1) is 11.8 Å². The molecule has 4 unspecified atom stereocenters. The van der Waals surface area contributed by atoms with E-state index in [4.69, 9.17) is 4.74 Å². The summed E-state index contributed by atoms with van der Waals surface area (Å²) < 4.78 is 6.54. The summed E-state index contributed by atoms with van der Waals surface area (Å²) in [6.07, 6.45) is 7.29. The minimum atomic E-state index is -0.278. The Kier molecular flexibility index (Phi) is 6.57. The van der Waals surface area contributed by atoms with E-state index in [0.29, 0.717) is 6.04 Å². The number of halogens is 1. The maximum atomic E-state index is 11.5. The van der Waals surface area contributed by atoms with Crippen molar-refractivity contribution in [3.63, 3.8) is 0 Å². The highest BCUT2D eigenvalue weighted by molar-refractivity contribution is 5.66. The molecule has 4 nitrogen and oxygen atoms in total. The lowest BCUT2D eigenvalue weighted by Gasteiger charge is -2.49. The number of amides is 1. The minimum absolute atomic E-state index is 0. The number of rotatable bonds is 2. The molecule has 0 radical (unpaired) electrons. The van der Waals surface area contributed by atoms with Crippen molar-refractivity contribution in [2.24, 2.45) is 11.8 Å². The van der Waals surface area contributed by atoms with Gasteiger partial charge in [0.1, 0.15) is 6.10 Å². The molecule has 0 aromatic rings. The van der Waals surface area contributed by atoms with E-state index in [9.17, 15) is 4.79 Å². The van der Waals surface area contributed by atoms with Gasteiger partial charge in [-0.2, -0.15) is 0 Å². The second-order valence-corrected chi connectivity index (χ2v) is 7.14. The van der Waals surface area contributed by atoms with Crippen LogP contribution in [0.3, 0.4) is 0 Å². The summed E-state index contributed by atoms with van der Waals surface area (Å²) in [6, 6.07) is 0.619. The van der Waals surface area contributed by atoms with E-state index in [2.05, 4.69) is 26.5 Å². The highest BCUT2D eigenvalue weighted by atomic mass is 127. The van der Waals surface area contributed by atoms with Gasteiger partial charge in [0.25, 0.3) is 0 Å². The fourth-order valence-electron chi connectivity index (χ4n) is 4.11. The summed E-state index contributed by atoms with van der Waals surface area (Å²) in [5, 5.41) is 2.57. The standard InChI is InChI=1S/C15H28N2O2.HI/c1-16-15(18)19-12-9-11-7-5-6-8-13(11)14(10-12)17(2,3)4;/h11-14H,5-10H2,1-4H3;1H. The molecule has 20 heavy (non-hydrogen) atoms. The molecule has 5 heteroatoms. The Morgan fingerprint density at radius 3 is 2.40 bits per heavy atom. The Labute approximate surface area is 140 Å². The van der Waals surface area contributed by atoms with Crippen molar-refractivity contribution in [2.75, 3.05) is 28.2 Å². The number of fused-ring (bicyclic) bond motifs is 1. The number of ether oxygens (including phenoxy) is 1. The van der Waals surface area contributed by atoms with Crippen molar-refractivity contribution in [2.45, 2.75) is 50.7 Å². The average Bonchev–Trinajstić information content (AvgIpc) is 2.36. The van der Waals surface area contributed by atoms with Gasteiger partial charge in [-0.25, -0.2) is 4.79 Å². The van der Waals surface area contributed by atoms with E-state index in [1.165, 1.54) is 25.7 Å². The third kappa shape index (κ3) is 4.23. The van der Waals surface area contributed by atoms with Crippen LogP contribution in [0.25, 0.3) is 0 Å². The largest absolute Gasteiger partial charge is 1.00 e. The number of alkyl carbamates (subject to hydrolysis) is 1. The highest BCUT2D eigenvalue weighted by Crippen LogP contribution is 2.44. The number of nitrogens with zero attached hydrogens (tertiary/aromatic N) is 1. The Hall–Kier alpha value is -0.0400. The van der Waals surface area contributed by atoms with Crippen LogP contribution in [0.1, 0.15) is 38.5 Å². The number of quaternary nitrogens is 1. The average molecular weight is 396 g/mol. The first kappa shape index (κ1) is 18.0. The van der Waals surface area contributed by atoms with Crippen LogP contribution in [0.2, 0.25) is 0 Å². The van der Waals surface area contributed by atoms with Gasteiger partial charge in [-0.1, -0.05) is 12.8 Å². The smallest absolute Gasteiger partial charge is 0.407 e. The second-order valence-electron chi connectivity index (χ2n) is 7.14. The van der Waals surface area contributed by atoms with Gasteiger partial charge in [0.2, 0.25) is 0 Å². The molecule has 0 aromatic carbocycles. The molecule has 1 amide bonds. The van der Waals surface area contributed by atoms with Crippen molar-refractivity contribution in [1.29, 1.82) is 0 Å². The third-order valence-corrected chi connectivity index (χ3v) is 5.00. The highest BCUT2D eigenvalue weighted by Gasteiger charge is 2.45. The van der Waals surface area contributed by atoms with Crippen LogP contribution in [-0.2, 0) is 4.74 Å². The molecule has 1 N–H and O–H groups in total. The lowest BCUT2D eigenvalue weighted by Crippen LogP contribution is -3.00. The van der Waals surface area contributed by atoms with E-state index in [1.54, 1.807) is 7.05 Å². The van der Waals surface area contributed by atoms with Crippen LogP contribution >= 0.6 is 0 Å². The van der Waals surface area contributed by atoms with Crippen molar-refractivity contribution in [3.8, 4) is 0 Å².